The van der Waals surface area contributed by atoms with E-state index in [1.807, 2.05) is 19.9 Å². The maximum atomic E-state index is 9.66. The molecule has 0 aliphatic heterocycles. The largest absolute Gasteiger partial charge is 0.303 e. The van der Waals surface area contributed by atoms with Crippen LogP contribution in [0.2, 0.25) is 0 Å². The van der Waals surface area contributed by atoms with Gasteiger partial charge in [-0.05, 0) is 13.8 Å². The molecule has 0 saturated heterocycles. The molecule has 1 heteroatoms. The highest BCUT2D eigenvalue weighted by Crippen LogP contribution is 1.88. The second-order valence-electron chi connectivity index (χ2n) is 1.68. The lowest BCUT2D eigenvalue weighted by Gasteiger charge is -1.79. The molecule has 0 bridgehead atoms. The average Bonchev–Trinajstić information content (AvgIpc) is 1.61. The first-order valence-corrected chi connectivity index (χ1v) is 2.34. The van der Waals surface area contributed by atoms with Gasteiger partial charge in [-0.3, -0.25) is 0 Å². The zero-order valence-corrected chi connectivity index (χ0v) is 4.77. The number of aldehydes is 1. The zero-order valence-electron chi connectivity index (χ0n) is 4.77. The van der Waals surface area contributed by atoms with Gasteiger partial charge in [-0.25, -0.2) is 0 Å². The van der Waals surface area contributed by atoms with Crippen molar-refractivity contribution in [2.45, 2.75) is 20.3 Å². The van der Waals surface area contributed by atoms with E-state index in [0.29, 0.717) is 6.42 Å². The molecule has 0 aliphatic rings. The van der Waals surface area contributed by atoms with Gasteiger partial charge in [0.15, 0.2) is 0 Å². The van der Waals surface area contributed by atoms with Crippen LogP contribution in [0.1, 0.15) is 20.3 Å². The Labute approximate surface area is 44.0 Å². The molecule has 0 spiro atoms. The summed E-state index contributed by atoms with van der Waals surface area (Å²) in [7, 11) is 0. The van der Waals surface area contributed by atoms with Gasteiger partial charge in [-0.2, -0.15) is 0 Å². The third kappa shape index (κ3) is 5.41. The molecule has 0 heterocycles. The highest BCUT2D eigenvalue weighted by molar-refractivity contribution is 5.52. The first-order valence-electron chi connectivity index (χ1n) is 2.34. The molecule has 1 nitrogen and oxygen atoms in total. The van der Waals surface area contributed by atoms with Gasteiger partial charge >= 0.3 is 0 Å². The van der Waals surface area contributed by atoms with Crippen LogP contribution in [0, 0.1) is 0 Å². The summed E-state index contributed by atoms with van der Waals surface area (Å²) in [5.74, 6) is 0. The number of rotatable bonds is 2. The van der Waals surface area contributed by atoms with Crippen LogP contribution in [-0.2, 0) is 4.79 Å². The van der Waals surface area contributed by atoms with Gasteiger partial charge in [0, 0.05) is 6.42 Å². The Hall–Kier alpha value is -0.590. The van der Waals surface area contributed by atoms with Crippen molar-refractivity contribution in [3.05, 3.63) is 11.6 Å². The van der Waals surface area contributed by atoms with Crippen LogP contribution < -0.4 is 0 Å². The van der Waals surface area contributed by atoms with Crippen molar-refractivity contribution in [1.82, 2.24) is 0 Å². The van der Waals surface area contributed by atoms with Crippen LogP contribution in [-0.4, -0.2) is 6.29 Å². The van der Waals surface area contributed by atoms with E-state index >= 15 is 0 Å². The van der Waals surface area contributed by atoms with E-state index in [1.165, 1.54) is 5.57 Å². The molecule has 0 amide bonds. The van der Waals surface area contributed by atoms with Crippen molar-refractivity contribution in [2.24, 2.45) is 0 Å². The van der Waals surface area contributed by atoms with E-state index in [2.05, 4.69) is 0 Å². The summed E-state index contributed by atoms with van der Waals surface area (Å²) < 4.78 is 0. The molecule has 0 radical (unpaired) electrons. The summed E-state index contributed by atoms with van der Waals surface area (Å²) in [6, 6.07) is 0. The Morgan fingerprint density at radius 1 is 1.57 bits per heavy atom. The van der Waals surface area contributed by atoms with E-state index in [4.69, 9.17) is 0 Å². The van der Waals surface area contributed by atoms with Crippen molar-refractivity contribution >= 4 is 6.29 Å². The van der Waals surface area contributed by atoms with Gasteiger partial charge in [-0.15, -0.1) is 0 Å². The number of carbonyl (C=O) groups excluding carboxylic acids is 1. The minimum absolute atomic E-state index is 0.558. The van der Waals surface area contributed by atoms with E-state index < -0.39 is 0 Å². The normalized spacial score (nSPS) is 7.71. The molecular formula is C6H10O. The summed E-state index contributed by atoms with van der Waals surface area (Å²) in [5, 5.41) is 0. The summed E-state index contributed by atoms with van der Waals surface area (Å²) in [5.41, 5.74) is 1.20. The lowest BCUT2D eigenvalue weighted by molar-refractivity contribution is -0.107. The van der Waals surface area contributed by atoms with Crippen LogP contribution in [0.5, 0.6) is 0 Å². The predicted octanol–water partition coefficient (Wildman–Crippen LogP) is 1.54. The molecule has 0 N–H and O–H groups in total. The highest BCUT2D eigenvalue weighted by Gasteiger charge is 1.72. The van der Waals surface area contributed by atoms with E-state index in [9.17, 15) is 4.79 Å². The molecular weight excluding hydrogens is 88.1 g/mol. The molecule has 0 aliphatic carbocycles. The fourth-order valence-corrected chi connectivity index (χ4v) is 0.284. The van der Waals surface area contributed by atoms with Crippen molar-refractivity contribution < 1.29 is 4.79 Å². The minimum atomic E-state index is 0.558. The smallest absolute Gasteiger partial charge is 0.123 e. The molecule has 0 fully saturated rings. The molecule has 0 aromatic heterocycles. The maximum Gasteiger partial charge on any atom is 0.123 e. The maximum absolute atomic E-state index is 9.66. The monoisotopic (exact) mass is 98.1 g/mol. The van der Waals surface area contributed by atoms with Crippen LogP contribution in [0.25, 0.3) is 0 Å². The third-order valence-corrected chi connectivity index (χ3v) is 0.622. The van der Waals surface area contributed by atoms with Crippen molar-refractivity contribution in [3.8, 4) is 0 Å². The fourth-order valence-electron chi connectivity index (χ4n) is 0.284. The summed E-state index contributed by atoms with van der Waals surface area (Å²) >= 11 is 0. The first-order chi connectivity index (χ1) is 3.27. The van der Waals surface area contributed by atoms with Crippen molar-refractivity contribution in [1.29, 1.82) is 0 Å². The van der Waals surface area contributed by atoms with Gasteiger partial charge in [0.05, 0.1) is 0 Å². The van der Waals surface area contributed by atoms with Crippen LogP contribution >= 0.6 is 0 Å². The van der Waals surface area contributed by atoms with E-state index in [-0.39, 0.29) is 0 Å². The van der Waals surface area contributed by atoms with Gasteiger partial charge in [0.2, 0.25) is 0 Å². The summed E-state index contributed by atoms with van der Waals surface area (Å²) in [6.07, 6.45) is 3.35. The predicted molar refractivity (Wildman–Crippen MR) is 30.1 cm³/mol. The lowest BCUT2D eigenvalue weighted by Crippen LogP contribution is -1.67. The molecule has 7 heavy (non-hydrogen) atoms. The SMILES string of the molecule is CC(C)=CCC=O. The molecule has 0 unspecified atom stereocenters. The topological polar surface area (TPSA) is 17.1 Å². The van der Waals surface area contributed by atoms with Gasteiger partial charge in [0.25, 0.3) is 0 Å². The van der Waals surface area contributed by atoms with Gasteiger partial charge in [0.1, 0.15) is 6.29 Å². The number of hydrogen-bond acceptors (Lipinski definition) is 1. The first kappa shape index (κ1) is 6.41. The zero-order chi connectivity index (χ0) is 5.70. The second kappa shape index (κ2) is 3.59. The Bertz CT molecular complexity index is 78.2. The molecule has 40 valence electrons. The lowest BCUT2D eigenvalue weighted by atomic mass is 10.3. The Morgan fingerprint density at radius 3 is 2.29 bits per heavy atom. The standard InChI is InChI=1S/C6H10O/c1-6(2)4-3-5-7/h4-5H,3H2,1-2H3. The van der Waals surface area contributed by atoms with Gasteiger partial charge < -0.3 is 4.79 Å². The Morgan fingerprint density at radius 2 is 2.14 bits per heavy atom. The van der Waals surface area contributed by atoms with Crippen LogP contribution in [0.15, 0.2) is 11.6 Å². The third-order valence-electron chi connectivity index (χ3n) is 0.622. The van der Waals surface area contributed by atoms with Crippen LogP contribution in [0.3, 0.4) is 0 Å². The van der Waals surface area contributed by atoms with Crippen molar-refractivity contribution in [3.63, 3.8) is 0 Å². The average molecular weight is 98.1 g/mol. The number of allylic oxidation sites excluding steroid dienone is 2. The van der Waals surface area contributed by atoms with E-state index in [0.717, 1.165) is 6.29 Å². The Balaban J connectivity index is 3.25. The Kier molecular flexibility index (Phi) is 3.29. The number of carbonyl (C=O) groups is 1. The molecule has 0 atom stereocenters. The molecule has 0 aromatic carbocycles. The summed E-state index contributed by atoms with van der Waals surface area (Å²) in [6.45, 7) is 3.95. The summed E-state index contributed by atoms with van der Waals surface area (Å²) in [4.78, 5) is 9.66. The van der Waals surface area contributed by atoms with Crippen molar-refractivity contribution in [2.75, 3.05) is 0 Å². The molecule has 0 aromatic rings. The number of hydrogen-bond donors (Lipinski definition) is 0. The molecule has 0 saturated carbocycles. The van der Waals surface area contributed by atoms with E-state index in [1.54, 1.807) is 0 Å². The second-order valence-corrected chi connectivity index (χ2v) is 1.68. The quantitative estimate of drug-likeness (QED) is 0.378. The fraction of sp³-hybridized carbons (Fsp3) is 0.500. The van der Waals surface area contributed by atoms with Crippen LogP contribution in [0.4, 0.5) is 0 Å². The van der Waals surface area contributed by atoms with Gasteiger partial charge in [-0.1, -0.05) is 11.6 Å². The minimum Gasteiger partial charge on any atom is -0.303 e. The molecule has 0 rings (SSSR count). The highest BCUT2D eigenvalue weighted by atomic mass is 16.1.